The fourth-order valence-corrected chi connectivity index (χ4v) is 0.932. The highest BCUT2D eigenvalue weighted by Crippen LogP contribution is 2.08. The molecule has 0 aliphatic rings. The molecule has 2 unspecified atom stereocenters. The predicted molar refractivity (Wildman–Crippen MR) is 49.1 cm³/mol. The molecule has 0 aliphatic carbocycles. The predicted octanol–water partition coefficient (Wildman–Crippen LogP) is -1.56. The maximum absolute atomic E-state index is 10.4. The molecule has 16 heavy (non-hydrogen) atoms. The van der Waals surface area contributed by atoms with Crippen LogP contribution in [-0.2, 0) is 11.5 Å². The quantitative estimate of drug-likeness (QED) is 0.307. The van der Waals surface area contributed by atoms with Crippen LogP contribution in [0.15, 0.2) is 12.4 Å². The van der Waals surface area contributed by atoms with Gasteiger partial charge < -0.3 is 30.2 Å². The smallest absolute Gasteiger partial charge is 0.393 e. The Balaban J connectivity index is 2.54. The maximum atomic E-state index is 10.4. The zero-order valence-corrected chi connectivity index (χ0v) is 8.13. The number of hydrogen-bond donors (Lipinski definition) is 3. The topological polar surface area (TPSA) is 131 Å². The van der Waals surface area contributed by atoms with Crippen LogP contribution in [0.5, 0.6) is 0 Å². The number of nitro groups is 1. The largest absolute Gasteiger partial charge is 0.436 e. The Morgan fingerprint density at radius 3 is 2.88 bits per heavy atom. The van der Waals surface area contributed by atoms with Crippen molar-refractivity contribution in [3.8, 4) is 0 Å². The lowest BCUT2D eigenvalue weighted by molar-refractivity contribution is -0.398. The number of imidazole rings is 1. The van der Waals surface area contributed by atoms with E-state index in [0.717, 1.165) is 4.57 Å². The molecule has 0 bridgehead atoms. The SMILES string of the molecule is O=[N+]([O-])c1nccn1COC(O)C(O)CO. The summed E-state index contributed by atoms with van der Waals surface area (Å²) in [5, 5.41) is 37.0. The zero-order chi connectivity index (χ0) is 12.1. The van der Waals surface area contributed by atoms with E-state index in [1.165, 1.54) is 12.4 Å². The zero-order valence-electron chi connectivity index (χ0n) is 8.13. The van der Waals surface area contributed by atoms with Crippen LogP contribution < -0.4 is 0 Å². The molecule has 0 aliphatic heterocycles. The van der Waals surface area contributed by atoms with Gasteiger partial charge in [0, 0.05) is 0 Å². The number of hydrogen-bond acceptors (Lipinski definition) is 7. The minimum atomic E-state index is -1.62. The van der Waals surface area contributed by atoms with Gasteiger partial charge in [-0.3, -0.25) is 0 Å². The number of aliphatic hydroxyl groups excluding tert-OH is 3. The van der Waals surface area contributed by atoms with Gasteiger partial charge in [-0.05, 0) is 4.92 Å². The van der Waals surface area contributed by atoms with Crippen LogP contribution in [0.2, 0.25) is 0 Å². The Morgan fingerprint density at radius 1 is 1.62 bits per heavy atom. The van der Waals surface area contributed by atoms with Crippen molar-refractivity contribution >= 4 is 5.95 Å². The van der Waals surface area contributed by atoms with Crippen LogP contribution in [0.3, 0.4) is 0 Å². The van der Waals surface area contributed by atoms with Crippen LogP contribution >= 0.6 is 0 Å². The third kappa shape index (κ3) is 2.97. The first-order chi connectivity index (χ1) is 7.56. The van der Waals surface area contributed by atoms with Crippen LogP contribution in [0, 0.1) is 10.1 Å². The van der Waals surface area contributed by atoms with E-state index < -0.39 is 29.9 Å². The van der Waals surface area contributed by atoms with E-state index in [4.69, 9.17) is 20.1 Å². The molecule has 0 saturated carbocycles. The summed E-state index contributed by atoms with van der Waals surface area (Å²) in [6, 6.07) is 0. The van der Waals surface area contributed by atoms with Crippen molar-refractivity contribution in [2.75, 3.05) is 6.61 Å². The summed E-state index contributed by atoms with van der Waals surface area (Å²) in [6.45, 7) is -1.03. The highest BCUT2D eigenvalue weighted by Gasteiger charge is 2.19. The van der Waals surface area contributed by atoms with E-state index in [2.05, 4.69) is 4.98 Å². The summed E-state index contributed by atoms with van der Waals surface area (Å²) in [7, 11) is 0. The molecule has 1 aromatic heterocycles. The molecule has 3 N–H and O–H groups in total. The van der Waals surface area contributed by atoms with Crippen molar-refractivity contribution in [3.05, 3.63) is 22.5 Å². The van der Waals surface area contributed by atoms with Crippen molar-refractivity contribution in [3.63, 3.8) is 0 Å². The van der Waals surface area contributed by atoms with Crippen molar-refractivity contribution < 1.29 is 25.0 Å². The number of rotatable bonds is 6. The monoisotopic (exact) mass is 233 g/mol. The van der Waals surface area contributed by atoms with E-state index in [1.54, 1.807) is 0 Å². The van der Waals surface area contributed by atoms with E-state index in [9.17, 15) is 10.1 Å². The lowest BCUT2D eigenvalue weighted by Crippen LogP contribution is -2.32. The van der Waals surface area contributed by atoms with Gasteiger partial charge in [-0.2, -0.15) is 0 Å². The summed E-state index contributed by atoms with van der Waals surface area (Å²) in [5.41, 5.74) is 0. The summed E-state index contributed by atoms with van der Waals surface area (Å²) in [6.07, 6.45) is -0.582. The fourth-order valence-electron chi connectivity index (χ4n) is 0.932. The molecule has 1 rings (SSSR count). The lowest BCUT2D eigenvalue weighted by Gasteiger charge is -2.15. The summed E-state index contributed by atoms with van der Waals surface area (Å²) >= 11 is 0. The molecule has 90 valence electrons. The first-order valence-electron chi connectivity index (χ1n) is 4.30. The Bertz CT molecular complexity index is 354. The number of nitrogens with zero attached hydrogens (tertiary/aromatic N) is 3. The lowest BCUT2D eigenvalue weighted by atomic mass is 10.4. The number of aliphatic hydroxyl groups is 3. The van der Waals surface area contributed by atoms with Gasteiger partial charge in [0.1, 0.15) is 18.5 Å². The molecule has 0 saturated heterocycles. The van der Waals surface area contributed by atoms with E-state index in [-0.39, 0.29) is 6.73 Å². The number of aromatic nitrogens is 2. The van der Waals surface area contributed by atoms with Gasteiger partial charge in [-0.1, -0.05) is 4.98 Å². The molecule has 0 spiro atoms. The molecular formula is C7H11N3O6. The molecule has 0 radical (unpaired) electrons. The second kappa shape index (κ2) is 5.51. The van der Waals surface area contributed by atoms with Gasteiger partial charge in [-0.15, -0.1) is 0 Å². The molecule has 9 nitrogen and oxygen atoms in total. The molecule has 0 aromatic carbocycles. The van der Waals surface area contributed by atoms with Gasteiger partial charge in [-0.25, -0.2) is 4.57 Å². The van der Waals surface area contributed by atoms with E-state index >= 15 is 0 Å². The van der Waals surface area contributed by atoms with E-state index in [0.29, 0.717) is 0 Å². The van der Waals surface area contributed by atoms with Crippen molar-refractivity contribution in [1.29, 1.82) is 0 Å². The van der Waals surface area contributed by atoms with Gasteiger partial charge >= 0.3 is 5.95 Å². The standard InChI is InChI=1S/C7H11N3O6/c11-3-5(12)6(13)16-4-9-2-1-8-7(9)10(14)15/h1-2,5-6,11-13H,3-4H2. The van der Waals surface area contributed by atoms with Crippen LogP contribution in [0.1, 0.15) is 0 Å². The maximum Gasteiger partial charge on any atom is 0.436 e. The van der Waals surface area contributed by atoms with Crippen LogP contribution in [0.25, 0.3) is 0 Å². The number of ether oxygens (including phenoxy) is 1. The highest BCUT2D eigenvalue weighted by molar-refractivity contribution is 5.05. The van der Waals surface area contributed by atoms with Crippen molar-refractivity contribution in [2.45, 2.75) is 19.1 Å². The summed E-state index contributed by atoms with van der Waals surface area (Å²) < 4.78 is 5.73. The fraction of sp³-hybridized carbons (Fsp3) is 0.571. The first kappa shape index (κ1) is 12.5. The van der Waals surface area contributed by atoms with E-state index in [1.807, 2.05) is 0 Å². The second-order valence-corrected chi connectivity index (χ2v) is 2.89. The van der Waals surface area contributed by atoms with Crippen LogP contribution in [0.4, 0.5) is 5.95 Å². The minimum Gasteiger partial charge on any atom is -0.393 e. The summed E-state index contributed by atoms with van der Waals surface area (Å²) in [4.78, 5) is 13.2. The van der Waals surface area contributed by atoms with Gasteiger partial charge in [0.25, 0.3) is 0 Å². The molecule has 1 heterocycles. The molecule has 1 aromatic rings. The Kier molecular flexibility index (Phi) is 4.31. The van der Waals surface area contributed by atoms with Gasteiger partial charge in [0.2, 0.25) is 0 Å². The minimum absolute atomic E-state index is 0.353. The average Bonchev–Trinajstić information content (AvgIpc) is 2.72. The first-order valence-corrected chi connectivity index (χ1v) is 4.30. The average molecular weight is 233 g/mol. The molecular weight excluding hydrogens is 222 g/mol. The molecule has 2 atom stereocenters. The molecule has 9 heteroatoms. The van der Waals surface area contributed by atoms with Gasteiger partial charge in [0.15, 0.2) is 13.0 Å². The highest BCUT2D eigenvalue weighted by atomic mass is 16.6. The summed E-state index contributed by atoms with van der Waals surface area (Å²) in [5.74, 6) is -0.439. The van der Waals surface area contributed by atoms with Crippen molar-refractivity contribution in [2.24, 2.45) is 0 Å². The third-order valence-corrected chi connectivity index (χ3v) is 1.76. The molecule has 0 fully saturated rings. The molecule has 0 amide bonds. The normalized spacial score (nSPS) is 14.7. The van der Waals surface area contributed by atoms with Crippen molar-refractivity contribution in [1.82, 2.24) is 9.55 Å². The second-order valence-electron chi connectivity index (χ2n) is 2.89. The Morgan fingerprint density at radius 2 is 2.31 bits per heavy atom. The Hall–Kier alpha value is -1.55. The Labute approximate surface area is 89.7 Å². The van der Waals surface area contributed by atoms with Crippen LogP contribution in [-0.4, -0.2) is 48.8 Å². The third-order valence-electron chi connectivity index (χ3n) is 1.76. The van der Waals surface area contributed by atoms with Gasteiger partial charge in [0.05, 0.1) is 6.61 Å².